The lowest BCUT2D eigenvalue weighted by molar-refractivity contribution is -0.133. The number of H-pyrrole nitrogens is 1. The van der Waals surface area contributed by atoms with Crippen molar-refractivity contribution >= 4 is 11.6 Å². The highest BCUT2D eigenvalue weighted by Gasteiger charge is 2.33. The van der Waals surface area contributed by atoms with Crippen molar-refractivity contribution in [1.82, 2.24) is 24.4 Å². The number of hydrogen-bond acceptors (Lipinski definition) is 4. The van der Waals surface area contributed by atoms with E-state index < -0.39 is 0 Å². The number of carbonyl (C=O) groups is 1. The van der Waals surface area contributed by atoms with Crippen LogP contribution >= 0.6 is 0 Å². The van der Waals surface area contributed by atoms with Gasteiger partial charge in [-0.15, -0.1) is 0 Å². The highest BCUT2D eigenvalue weighted by Crippen LogP contribution is 2.35. The molecule has 0 radical (unpaired) electrons. The molecule has 0 aromatic carbocycles. The van der Waals surface area contributed by atoms with Crippen LogP contribution in [0.15, 0.2) is 16.9 Å². The molecule has 2 aromatic rings. The summed E-state index contributed by atoms with van der Waals surface area (Å²) in [5, 5.41) is 3.28. The van der Waals surface area contributed by atoms with Crippen molar-refractivity contribution in [3.05, 3.63) is 33.9 Å². The molecule has 4 heterocycles. The molecule has 5 rings (SSSR count). The minimum Gasteiger partial charge on any atom is -0.334 e. The lowest BCUT2D eigenvalue weighted by Crippen LogP contribution is -2.38. The van der Waals surface area contributed by atoms with E-state index in [1.54, 1.807) is 10.6 Å². The van der Waals surface area contributed by atoms with Gasteiger partial charge in [-0.25, -0.2) is 9.50 Å². The fraction of sp³-hybridized carbons (Fsp3) is 0.720. The first kappa shape index (κ1) is 21.7. The van der Waals surface area contributed by atoms with Crippen LogP contribution in [0, 0.1) is 5.92 Å². The molecule has 2 saturated heterocycles. The van der Waals surface area contributed by atoms with Gasteiger partial charge < -0.3 is 9.80 Å². The van der Waals surface area contributed by atoms with E-state index in [1.807, 2.05) is 11.0 Å². The van der Waals surface area contributed by atoms with Gasteiger partial charge in [-0.2, -0.15) is 0 Å². The van der Waals surface area contributed by atoms with Gasteiger partial charge in [-0.1, -0.05) is 12.8 Å². The molecule has 1 atom stereocenters. The summed E-state index contributed by atoms with van der Waals surface area (Å²) < 4.78 is 1.56. The number of aromatic nitrogens is 3. The largest absolute Gasteiger partial charge is 0.334 e. The number of piperidine rings is 1. The molecule has 3 aliphatic rings. The molecule has 0 spiro atoms. The molecule has 1 aliphatic carbocycles. The molecular weight excluding hydrogens is 402 g/mol. The van der Waals surface area contributed by atoms with Crippen LogP contribution < -0.4 is 5.56 Å². The first-order valence-electron chi connectivity index (χ1n) is 12.7. The van der Waals surface area contributed by atoms with E-state index in [1.165, 1.54) is 25.7 Å². The van der Waals surface area contributed by atoms with E-state index in [-0.39, 0.29) is 17.5 Å². The lowest BCUT2D eigenvalue weighted by Gasteiger charge is -2.34. The predicted molar refractivity (Wildman–Crippen MR) is 125 cm³/mol. The van der Waals surface area contributed by atoms with Gasteiger partial charge >= 0.3 is 0 Å². The maximum Gasteiger partial charge on any atom is 0.272 e. The number of carbonyl (C=O) groups excluding carboxylic acids is 1. The molecule has 1 saturated carbocycles. The summed E-state index contributed by atoms with van der Waals surface area (Å²) in [7, 11) is 0. The van der Waals surface area contributed by atoms with Crippen LogP contribution in [0.2, 0.25) is 0 Å². The van der Waals surface area contributed by atoms with Gasteiger partial charge in [-0.05, 0) is 71.4 Å². The number of nitrogens with zero attached hydrogens (tertiary/aromatic N) is 4. The van der Waals surface area contributed by atoms with Crippen molar-refractivity contribution in [3.8, 4) is 0 Å². The smallest absolute Gasteiger partial charge is 0.272 e. The molecule has 174 valence electrons. The Morgan fingerprint density at radius 3 is 2.53 bits per heavy atom. The Morgan fingerprint density at radius 2 is 1.81 bits per heavy atom. The van der Waals surface area contributed by atoms with Crippen molar-refractivity contribution in [2.45, 2.75) is 89.6 Å². The number of fused-ring (bicyclic) bond motifs is 1. The van der Waals surface area contributed by atoms with Crippen molar-refractivity contribution in [2.75, 3.05) is 19.6 Å². The van der Waals surface area contributed by atoms with E-state index in [9.17, 15) is 9.59 Å². The monoisotopic (exact) mass is 439 g/mol. The number of aromatic amines is 1. The summed E-state index contributed by atoms with van der Waals surface area (Å²) in [4.78, 5) is 35.3. The van der Waals surface area contributed by atoms with Crippen LogP contribution in [0.3, 0.4) is 0 Å². The summed E-state index contributed by atoms with van der Waals surface area (Å²) in [5.41, 5.74) is 2.50. The van der Waals surface area contributed by atoms with Crippen molar-refractivity contribution in [2.24, 2.45) is 5.92 Å². The molecule has 1 amide bonds. The normalized spacial score (nSPS) is 23.7. The first-order valence-corrected chi connectivity index (χ1v) is 12.7. The maximum absolute atomic E-state index is 13.0. The van der Waals surface area contributed by atoms with Gasteiger partial charge in [0.2, 0.25) is 5.91 Å². The van der Waals surface area contributed by atoms with Crippen molar-refractivity contribution in [1.29, 1.82) is 0 Å². The Hall–Kier alpha value is -2.15. The van der Waals surface area contributed by atoms with Gasteiger partial charge in [0.1, 0.15) is 0 Å². The minimum absolute atomic E-state index is 0.0303. The van der Waals surface area contributed by atoms with Crippen LogP contribution in [0.1, 0.15) is 95.0 Å². The van der Waals surface area contributed by atoms with E-state index >= 15 is 0 Å². The summed E-state index contributed by atoms with van der Waals surface area (Å²) in [5.74, 6) is 1.17. The van der Waals surface area contributed by atoms with E-state index in [0.29, 0.717) is 29.9 Å². The fourth-order valence-electron chi connectivity index (χ4n) is 6.09. The standard InChI is InChI=1S/C25H37N5O2/c1-17(2)28-12-9-19(10-13-28)20-16-25(32)30-23(26-20)15-21(27-30)22-8-5-11-29(22)24(31)14-18-6-3-4-7-18/h15-19,22,27H,3-14H2,1-2H3/t22-/m0/s1. The Morgan fingerprint density at radius 1 is 1.06 bits per heavy atom. The average molecular weight is 440 g/mol. The third-order valence-electron chi connectivity index (χ3n) is 8.04. The Labute approximate surface area is 190 Å². The molecule has 1 N–H and O–H groups in total. The Balaban J connectivity index is 1.34. The third-order valence-corrected chi connectivity index (χ3v) is 8.04. The minimum atomic E-state index is -0.0515. The van der Waals surface area contributed by atoms with Gasteiger partial charge in [-0.3, -0.25) is 14.7 Å². The van der Waals surface area contributed by atoms with Crippen LogP contribution in [-0.2, 0) is 4.79 Å². The van der Waals surface area contributed by atoms with E-state index in [2.05, 4.69) is 23.8 Å². The van der Waals surface area contributed by atoms with Crippen LogP contribution in [0.4, 0.5) is 0 Å². The van der Waals surface area contributed by atoms with Crippen molar-refractivity contribution < 1.29 is 4.79 Å². The van der Waals surface area contributed by atoms with Gasteiger partial charge in [0.15, 0.2) is 5.65 Å². The number of amides is 1. The summed E-state index contributed by atoms with van der Waals surface area (Å²) in [6, 6.07) is 4.30. The molecule has 3 fully saturated rings. The second-order valence-electron chi connectivity index (χ2n) is 10.4. The molecule has 32 heavy (non-hydrogen) atoms. The van der Waals surface area contributed by atoms with E-state index in [4.69, 9.17) is 4.98 Å². The molecule has 2 aromatic heterocycles. The molecule has 0 unspecified atom stereocenters. The molecule has 7 heteroatoms. The topological polar surface area (TPSA) is 73.7 Å². The highest BCUT2D eigenvalue weighted by molar-refractivity contribution is 5.77. The quantitative estimate of drug-likeness (QED) is 0.768. The van der Waals surface area contributed by atoms with Crippen LogP contribution in [0.5, 0.6) is 0 Å². The average Bonchev–Trinajstić information content (AvgIpc) is 3.53. The lowest BCUT2D eigenvalue weighted by atomic mass is 9.92. The summed E-state index contributed by atoms with van der Waals surface area (Å²) in [6.45, 7) is 7.41. The SMILES string of the molecule is CC(C)N1CCC(c2cc(=O)n3[nH]c([C@@H]4CCCN4C(=O)CC4CCCC4)cc3n2)CC1. The number of likely N-dealkylation sites (tertiary alicyclic amines) is 2. The predicted octanol–water partition coefficient (Wildman–Crippen LogP) is 3.85. The van der Waals surface area contributed by atoms with Gasteiger partial charge in [0.05, 0.1) is 17.4 Å². The second-order valence-corrected chi connectivity index (χ2v) is 10.4. The highest BCUT2D eigenvalue weighted by atomic mass is 16.2. The molecule has 7 nitrogen and oxygen atoms in total. The van der Waals surface area contributed by atoms with Gasteiger partial charge in [0, 0.05) is 37.1 Å². The Kier molecular flexibility index (Phi) is 6.10. The summed E-state index contributed by atoms with van der Waals surface area (Å²) in [6.07, 6.45) is 9.62. The maximum atomic E-state index is 13.0. The van der Waals surface area contributed by atoms with Crippen molar-refractivity contribution in [3.63, 3.8) is 0 Å². The molecular formula is C25H37N5O2. The number of hydrogen-bond donors (Lipinski definition) is 1. The Bertz CT molecular complexity index is 1010. The zero-order valence-corrected chi connectivity index (χ0v) is 19.6. The zero-order chi connectivity index (χ0) is 22.2. The second kappa shape index (κ2) is 9.00. The van der Waals surface area contributed by atoms with Gasteiger partial charge in [0.25, 0.3) is 5.56 Å². The number of nitrogens with one attached hydrogen (secondary N) is 1. The molecule has 0 bridgehead atoms. The zero-order valence-electron chi connectivity index (χ0n) is 19.6. The third kappa shape index (κ3) is 4.24. The van der Waals surface area contributed by atoms with Crippen LogP contribution in [0.25, 0.3) is 5.65 Å². The first-order chi connectivity index (χ1) is 15.5. The summed E-state index contributed by atoms with van der Waals surface area (Å²) >= 11 is 0. The fourth-order valence-corrected chi connectivity index (χ4v) is 6.09. The van der Waals surface area contributed by atoms with Crippen LogP contribution in [-0.4, -0.2) is 56.0 Å². The number of rotatable bonds is 5. The van der Waals surface area contributed by atoms with E-state index in [0.717, 1.165) is 56.7 Å². The molecule has 2 aliphatic heterocycles.